The van der Waals surface area contributed by atoms with Gasteiger partial charge in [-0.1, -0.05) is 18.2 Å². The summed E-state index contributed by atoms with van der Waals surface area (Å²) in [6, 6.07) is 10.6. The number of carbonyl (C=O) groups excluding carboxylic acids is 1. The fraction of sp³-hybridized carbons (Fsp3) is 0.286. The predicted octanol–water partition coefficient (Wildman–Crippen LogP) is 4.49. The van der Waals surface area contributed by atoms with Crippen LogP contribution >= 0.6 is 0 Å². The van der Waals surface area contributed by atoms with Crippen LogP contribution in [0.5, 0.6) is 5.75 Å². The Hall–Kier alpha value is -4.47. The van der Waals surface area contributed by atoms with E-state index in [1.807, 2.05) is 32.0 Å². The smallest absolute Gasteiger partial charge is 0.341 e. The number of aryl methyl sites for hydroxylation is 2. The van der Waals surface area contributed by atoms with Gasteiger partial charge >= 0.3 is 5.97 Å². The van der Waals surface area contributed by atoms with Gasteiger partial charge in [-0.15, -0.1) is 0 Å². The zero-order valence-electron chi connectivity index (χ0n) is 21.0. The number of nitrogens with zero attached hydrogens (tertiary/aromatic N) is 4. The van der Waals surface area contributed by atoms with Gasteiger partial charge in [0.05, 0.1) is 12.8 Å². The standard InChI is InChI=1S/C28H26FN5O4/c1-16-3-4-17(2)22(11-16)32-25-19(13-30-24-20(27(36)37)14-31-34(24)25)26(35)33-9-7-28(8-10-33)15-38-23-12-18(29)5-6-21(23)28/h3-6,11-14,32H,7-10,15H2,1-2H3,(H,36,37). The molecule has 4 aromatic rings. The second kappa shape index (κ2) is 8.83. The summed E-state index contributed by atoms with van der Waals surface area (Å²) in [6.45, 7) is 5.36. The van der Waals surface area contributed by atoms with Crippen LogP contribution in [-0.4, -0.2) is 56.2 Å². The van der Waals surface area contributed by atoms with Crippen molar-refractivity contribution in [2.45, 2.75) is 32.1 Å². The Morgan fingerprint density at radius 3 is 2.63 bits per heavy atom. The summed E-state index contributed by atoms with van der Waals surface area (Å²) in [4.78, 5) is 31.6. The summed E-state index contributed by atoms with van der Waals surface area (Å²) in [5.41, 5.74) is 3.90. The van der Waals surface area contributed by atoms with E-state index in [1.165, 1.54) is 29.0 Å². The number of likely N-dealkylation sites (tertiary alicyclic amines) is 1. The first-order valence-electron chi connectivity index (χ1n) is 12.4. The molecule has 1 amide bonds. The molecule has 2 N–H and O–H groups in total. The number of hydrogen-bond donors (Lipinski definition) is 2. The molecule has 6 rings (SSSR count). The molecule has 0 bridgehead atoms. The summed E-state index contributed by atoms with van der Waals surface area (Å²) < 4.78 is 20.9. The SMILES string of the molecule is Cc1ccc(C)c(Nc2c(C(=O)N3CCC4(CC3)COc3cc(F)ccc34)cnc3c(C(=O)O)cnn23)c1. The minimum Gasteiger partial charge on any atom is -0.492 e. The summed E-state index contributed by atoms with van der Waals surface area (Å²) in [5, 5.41) is 17.2. The van der Waals surface area contributed by atoms with Crippen LogP contribution < -0.4 is 10.1 Å². The number of rotatable bonds is 4. The van der Waals surface area contributed by atoms with Crippen molar-refractivity contribution in [2.24, 2.45) is 0 Å². The minimum absolute atomic E-state index is 0.0516. The molecular formula is C28H26FN5O4. The van der Waals surface area contributed by atoms with Crippen LogP contribution in [0.25, 0.3) is 5.65 Å². The lowest BCUT2D eigenvalue weighted by molar-refractivity contribution is 0.0645. The van der Waals surface area contributed by atoms with Crippen molar-refractivity contribution in [2.75, 3.05) is 25.0 Å². The van der Waals surface area contributed by atoms with Gasteiger partial charge in [-0.05, 0) is 49.9 Å². The number of hydrogen-bond acceptors (Lipinski definition) is 6. The van der Waals surface area contributed by atoms with Crippen LogP contribution in [0.4, 0.5) is 15.9 Å². The molecule has 194 valence electrons. The van der Waals surface area contributed by atoms with Crippen molar-refractivity contribution in [1.29, 1.82) is 0 Å². The number of benzene rings is 2. The number of aromatic carboxylic acids is 1. The number of piperidine rings is 1. The van der Waals surface area contributed by atoms with Gasteiger partial charge in [0.25, 0.3) is 5.91 Å². The molecule has 10 heteroatoms. The van der Waals surface area contributed by atoms with Crippen molar-refractivity contribution in [1.82, 2.24) is 19.5 Å². The minimum atomic E-state index is -1.15. The number of ether oxygens (including phenoxy) is 1. The number of fused-ring (bicyclic) bond motifs is 3. The number of nitrogens with one attached hydrogen (secondary N) is 1. The van der Waals surface area contributed by atoms with Gasteiger partial charge in [0.1, 0.15) is 28.5 Å². The van der Waals surface area contributed by atoms with Crippen molar-refractivity contribution >= 4 is 29.0 Å². The first-order valence-corrected chi connectivity index (χ1v) is 12.4. The molecule has 2 aliphatic rings. The Morgan fingerprint density at radius 1 is 1.08 bits per heavy atom. The molecule has 0 unspecified atom stereocenters. The highest BCUT2D eigenvalue weighted by molar-refractivity contribution is 6.01. The molecule has 1 saturated heterocycles. The number of anilines is 2. The molecule has 0 radical (unpaired) electrons. The molecule has 0 aliphatic carbocycles. The normalized spacial score (nSPS) is 15.9. The van der Waals surface area contributed by atoms with Gasteiger partial charge < -0.3 is 20.1 Å². The molecule has 1 spiro atoms. The molecule has 2 aliphatic heterocycles. The van der Waals surface area contributed by atoms with Gasteiger partial charge in [0.15, 0.2) is 5.65 Å². The molecule has 2 aromatic heterocycles. The fourth-order valence-electron chi connectivity index (χ4n) is 5.43. The van der Waals surface area contributed by atoms with E-state index in [-0.39, 0.29) is 28.4 Å². The molecule has 4 heterocycles. The van der Waals surface area contributed by atoms with Crippen LogP contribution in [0.3, 0.4) is 0 Å². The zero-order valence-corrected chi connectivity index (χ0v) is 21.0. The number of amides is 1. The summed E-state index contributed by atoms with van der Waals surface area (Å²) in [6.07, 6.45) is 4.01. The Bertz CT molecular complexity index is 1610. The largest absolute Gasteiger partial charge is 0.492 e. The van der Waals surface area contributed by atoms with E-state index in [2.05, 4.69) is 15.4 Å². The van der Waals surface area contributed by atoms with Gasteiger partial charge in [-0.3, -0.25) is 4.79 Å². The highest BCUT2D eigenvalue weighted by Crippen LogP contribution is 2.46. The fourth-order valence-corrected chi connectivity index (χ4v) is 5.43. The Kier molecular flexibility index (Phi) is 5.55. The van der Waals surface area contributed by atoms with Gasteiger partial charge in [0, 0.05) is 42.0 Å². The van der Waals surface area contributed by atoms with Crippen molar-refractivity contribution in [3.05, 3.63) is 82.4 Å². The number of carboxylic acid groups (broad SMARTS) is 1. The molecule has 2 aromatic carbocycles. The van der Waals surface area contributed by atoms with Crippen LogP contribution in [0, 0.1) is 19.7 Å². The van der Waals surface area contributed by atoms with Crippen LogP contribution in [0.2, 0.25) is 0 Å². The lowest BCUT2D eigenvalue weighted by atomic mass is 9.74. The average molecular weight is 516 g/mol. The summed E-state index contributed by atoms with van der Waals surface area (Å²) >= 11 is 0. The Balaban J connectivity index is 1.34. The van der Waals surface area contributed by atoms with E-state index >= 15 is 0 Å². The van der Waals surface area contributed by atoms with E-state index in [9.17, 15) is 19.1 Å². The number of aromatic nitrogens is 3. The Morgan fingerprint density at radius 2 is 1.87 bits per heavy atom. The number of halogens is 1. The Labute approximate surface area is 217 Å². The van der Waals surface area contributed by atoms with E-state index in [4.69, 9.17) is 4.74 Å². The van der Waals surface area contributed by atoms with E-state index < -0.39 is 5.97 Å². The molecule has 0 atom stereocenters. The average Bonchev–Trinajstić information content (AvgIpc) is 3.49. The van der Waals surface area contributed by atoms with Gasteiger partial charge in [-0.2, -0.15) is 9.61 Å². The predicted molar refractivity (Wildman–Crippen MR) is 138 cm³/mol. The highest BCUT2D eigenvalue weighted by Gasteiger charge is 2.44. The maximum Gasteiger partial charge on any atom is 0.341 e. The molecule has 38 heavy (non-hydrogen) atoms. The van der Waals surface area contributed by atoms with Crippen molar-refractivity contribution in [3.8, 4) is 5.75 Å². The number of carboxylic acids is 1. The maximum atomic E-state index is 13.8. The third kappa shape index (κ3) is 3.84. The topological polar surface area (TPSA) is 109 Å². The van der Waals surface area contributed by atoms with Gasteiger partial charge in [0.2, 0.25) is 0 Å². The first kappa shape index (κ1) is 23.9. The lowest BCUT2D eigenvalue weighted by Crippen LogP contribution is -2.46. The maximum absolute atomic E-state index is 13.8. The van der Waals surface area contributed by atoms with E-state index in [0.717, 1.165) is 22.4 Å². The third-order valence-electron chi connectivity index (χ3n) is 7.66. The zero-order chi connectivity index (χ0) is 26.6. The van der Waals surface area contributed by atoms with Crippen LogP contribution in [0.15, 0.2) is 48.8 Å². The second-order valence-electron chi connectivity index (χ2n) is 10.1. The van der Waals surface area contributed by atoms with E-state index in [0.29, 0.717) is 49.7 Å². The van der Waals surface area contributed by atoms with Crippen molar-refractivity contribution in [3.63, 3.8) is 0 Å². The van der Waals surface area contributed by atoms with E-state index in [1.54, 1.807) is 11.0 Å². The summed E-state index contributed by atoms with van der Waals surface area (Å²) in [5.74, 6) is -0.777. The van der Waals surface area contributed by atoms with Crippen LogP contribution in [0.1, 0.15) is 50.2 Å². The lowest BCUT2D eigenvalue weighted by Gasteiger charge is -2.38. The highest BCUT2D eigenvalue weighted by atomic mass is 19.1. The second-order valence-corrected chi connectivity index (χ2v) is 10.1. The third-order valence-corrected chi connectivity index (χ3v) is 7.66. The monoisotopic (exact) mass is 515 g/mol. The summed E-state index contributed by atoms with van der Waals surface area (Å²) in [7, 11) is 0. The van der Waals surface area contributed by atoms with Crippen LogP contribution in [-0.2, 0) is 5.41 Å². The molecular weight excluding hydrogens is 489 g/mol. The molecule has 1 fully saturated rings. The first-order chi connectivity index (χ1) is 18.3. The van der Waals surface area contributed by atoms with Crippen molar-refractivity contribution < 1.29 is 23.8 Å². The number of carbonyl (C=O) groups is 2. The van der Waals surface area contributed by atoms with Gasteiger partial charge in [-0.25, -0.2) is 14.2 Å². The molecule has 0 saturated carbocycles. The quantitative estimate of drug-likeness (QED) is 0.412. The molecule has 9 nitrogen and oxygen atoms in total.